The van der Waals surface area contributed by atoms with Crippen LogP contribution in [0.2, 0.25) is 0 Å². The minimum absolute atomic E-state index is 0.760. The average Bonchev–Trinajstić information content (AvgIpc) is 2.59. The Kier molecular flexibility index (Phi) is 6.26. The number of nitrogens with zero attached hydrogens (tertiary/aromatic N) is 1. The summed E-state index contributed by atoms with van der Waals surface area (Å²) in [4.78, 5) is 2.63. The summed E-state index contributed by atoms with van der Waals surface area (Å²) in [5.74, 6) is 0.760. The highest BCUT2D eigenvalue weighted by Crippen LogP contribution is 2.22. The number of hydrogen-bond acceptors (Lipinski definition) is 2. The van der Waals surface area contributed by atoms with Crippen molar-refractivity contribution in [2.45, 2.75) is 58.4 Å². The number of hydrogen-bond donors (Lipinski definition) is 1. The molecule has 1 saturated heterocycles. The molecule has 1 aliphatic rings. The molecule has 0 amide bonds. The molecule has 0 spiro atoms. The summed E-state index contributed by atoms with van der Waals surface area (Å²) in [6, 6.07) is 0.768. The molecular formula is C13H28N2. The molecule has 0 aromatic carbocycles. The Morgan fingerprint density at radius 3 is 2.53 bits per heavy atom. The van der Waals surface area contributed by atoms with Crippen LogP contribution in [0.1, 0.15) is 52.4 Å². The fourth-order valence-electron chi connectivity index (χ4n) is 2.62. The van der Waals surface area contributed by atoms with Gasteiger partial charge in [0.15, 0.2) is 0 Å². The van der Waals surface area contributed by atoms with Crippen molar-refractivity contribution in [2.75, 3.05) is 19.6 Å². The summed E-state index contributed by atoms with van der Waals surface area (Å²) in [5.41, 5.74) is 5.73. The molecule has 1 fully saturated rings. The molecule has 1 rings (SSSR count). The van der Waals surface area contributed by atoms with Gasteiger partial charge in [-0.3, -0.25) is 0 Å². The molecule has 1 aliphatic heterocycles. The number of unbranched alkanes of at least 4 members (excludes halogenated alkanes) is 4. The van der Waals surface area contributed by atoms with Crippen molar-refractivity contribution in [1.29, 1.82) is 0 Å². The Hall–Kier alpha value is -0.0800. The zero-order chi connectivity index (χ0) is 11.1. The Morgan fingerprint density at radius 2 is 1.93 bits per heavy atom. The highest BCUT2D eigenvalue weighted by atomic mass is 15.2. The van der Waals surface area contributed by atoms with Gasteiger partial charge in [-0.05, 0) is 38.8 Å². The zero-order valence-electron chi connectivity index (χ0n) is 10.5. The van der Waals surface area contributed by atoms with E-state index in [9.17, 15) is 0 Å². The van der Waals surface area contributed by atoms with Crippen molar-refractivity contribution in [2.24, 2.45) is 11.7 Å². The number of nitrogens with two attached hydrogens (primary N) is 1. The molecule has 2 heteroatoms. The van der Waals surface area contributed by atoms with Crippen LogP contribution < -0.4 is 5.73 Å². The Bertz CT molecular complexity index is 159. The van der Waals surface area contributed by atoms with Gasteiger partial charge < -0.3 is 10.6 Å². The van der Waals surface area contributed by atoms with Crippen molar-refractivity contribution < 1.29 is 0 Å². The van der Waals surface area contributed by atoms with Crippen LogP contribution in [0.15, 0.2) is 0 Å². The van der Waals surface area contributed by atoms with Crippen LogP contribution >= 0.6 is 0 Å². The van der Waals surface area contributed by atoms with Gasteiger partial charge in [0.2, 0.25) is 0 Å². The summed E-state index contributed by atoms with van der Waals surface area (Å²) in [6.07, 6.45) is 8.26. The summed E-state index contributed by atoms with van der Waals surface area (Å²) in [5, 5.41) is 0. The summed E-state index contributed by atoms with van der Waals surface area (Å²) >= 11 is 0. The molecule has 90 valence electrons. The quantitative estimate of drug-likeness (QED) is 0.657. The molecule has 2 nitrogen and oxygen atoms in total. The topological polar surface area (TPSA) is 29.3 Å². The smallest absolute Gasteiger partial charge is 0.00706 e. The Balaban J connectivity index is 2.06. The van der Waals surface area contributed by atoms with E-state index in [2.05, 4.69) is 18.7 Å². The van der Waals surface area contributed by atoms with E-state index in [-0.39, 0.29) is 0 Å². The van der Waals surface area contributed by atoms with Gasteiger partial charge in [-0.25, -0.2) is 0 Å². The first-order valence-electron chi connectivity index (χ1n) is 6.72. The van der Waals surface area contributed by atoms with Crippen molar-refractivity contribution in [3.8, 4) is 0 Å². The van der Waals surface area contributed by atoms with Gasteiger partial charge in [0.25, 0.3) is 0 Å². The first-order valence-corrected chi connectivity index (χ1v) is 6.72. The van der Waals surface area contributed by atoms with Gasteiger partial charge in [-0.1, -0.05) is 32.6 Å². The van der Waals surface area contributed by atoms with E-state index < -0.39 is 0 Å². The van der Waals surface area contributed by atoms with Gasteiger partial charge in [0, 0.05) is 12.6 Å². The molecule has 2 unspecified atom stereocenters. The second-order valence-electron chi connectivity index (χ2n) is 5.10. The van der Waals surface area contributed by atoms with Crippen LogP contribution in [0.4, 0.5) is 0 Å². The highest BCUT2D eigenvalue weighted by molar-refractivity contribution is 4.82. The van der Waals surface area contributed by atoms with Crippen molar-refractivity contribution in [3.05, 3.63) is 0 Å². The van der Waals surface area contributed by atoms with Gasteiger partial charge >= 0.3 is 0 Å². The monoisotopic (exact) mass is 212 g/mol. The van der Waals surface area contributed by atoms with Gasteiger partial charge in [0.05, 0.1) is 0 Å². The lowest BCUT2D eigenvalue weighted by molar-refractivity contribution is 0.258. The maximum atomic E-state index is 5.73. The van der Waals surface area contributed by atoms with Crippen molar-refractivity contribution >= 4 is 0 Å². The molecule has 0 saturated carbocycles. The molecule has 0 aromatic heterocycles. The van der Waals surface area contributed by atoms with Crippen molar-refractivity contribution in [1.82, 2.24) is 4.90 Å². The minimum Gasteiger partial charge on any atom is -0.330 e. The fourth-order valence-corrected chi connectivity index (χ4v) is 2.62. The molecule has 15 heavy (non-hydrogen) atoms. The summed E-state index contributed by atoms with van der Waals surface area (Å²) < 4.78 is 0. The molecule has 0 radical (unpaired) electrons. The lowest BCUT2D eigenvalue weighted by atomic mass is 10.1. The third-order valence-corrected chi connectivity index (χ3v) is 3.67. The van der Waals surface area contributed by atoms with Crippen LogP contribution in [0, 0.1) is 5.92 Å². The van der Waals surface area contributed by atoms with Gasteiger partial charge in [-0.15, -0.1) is 0 Å². The predicted molar refractivity (Wildman–Crippen MR) is 67.0 cm³/mol. The Labute approximate surface area is 95.2 Å². The molecule has 2 N–H and O–H groups in total. The maximum Gasteiger partial charge on any atom is 0.00706 e. The van der Waals surface area contributed by atoms with Crippen molar-refractivity contribution in [3.63, 3.8) is 0 Å². The molecule has 0 aromatic rings. The van der Waals surface area contributed by atoms with E-state index >= 15 is 0 Å². The average molecular weight is 212 g/mol. The summed E-state index contributed by atoms with van der Waals surface area (Å²) in [6.45, 7) is 8.03. The van der Waals surface area contributed by atoms with E-state index in [0.717, 1.165) is 18.5 Å². The normalized spacial score (nSPS) is 27.4. The highest BCUT2D eigenvalue weighted by Gasteiger charge is 2.26. The van der Waals surface area contributed by atoms with Crippen LogP contribution in [0.3, 0.4) is 0 Å². The van der Waals surface area contributed by atoms with Crippen LogP contribution in [-0.2, 0) is 0 Å². The first-order chi connectivity index (χ1) is 7.27. The predicted octanol–water partition coefficient (Wildman–Crippen LogP) is 2.63. The first kappa shape index (κ1) is 13.0. The van der Waals surface area contributed by atoms with Crippen LogP contribution in [0.25, 0.3) is 0 Å². The van der Waals surface area contributed by atoms with E-state index in [1.807, 2.05) is 0 Å². The van der Waals surface area contributed by atoms with E-state index in [1.165, 1.54) is 51.6 Å². The zero-order valence-corrected chi connectivity index (χ0v) is 10.5. The van der Waals surface area contributed by atoms with E-state index in [4.69, 9.17) is 5.73 Å². The third-order valence-electron chi connectivity index (χ3n) is 3.67. The van der Waals surface area contributed by atoms with Crippen LogP contribution in [-0.4, -0.2) is 30.6 Å². The lowest BCUT2D eigenvalue weighted by Crippen LogP contribution is -2.28. The second-order valence-corrected chi connectivity index (χ2v) is 5.10. The third kappa shape index (κ3) is 4.52. The lowest BCUT2D eigenvalue weighted by Gasteiger charge is -2.20. The van der Waals surface area contributed by atoms with E-state index in [1.54, 1.807) is 0 Å². The largest absolute Gasteiger partial charge is 0.330 e. The molecule has 0 aliphatic carbocycles. The Morgan fingerprint density at radius 1 is 1.20 bits per heavy atom. The maximum absolute atomic E-state index is 5.73. The van der Waals surface area contributed by atoms with Crippen LogP contribution in [0.5, 0.6) is 0 Å². The van der Waals surface area contributed by atoms with E-state index in [0.29, 0.717) is 0 Å². The van der Waals surface area contributed by atoms with Gasteiger partial charge in [0.1, 0.15) is 0 Å². The SMILES string of the molecule is CCCCCCCN1CC(CN)CC1C. The minimum atomic E-state index is 0.760. The standard InChI is InChI=1S/C13H28N2/c1-3-4-5-6-7-8-15-11-13(10-14)9-12(15)2/h12-13H,3-11,14H2,1-2H3. The molecular weight excluding hydrogens is 184 g/mol. The molecule has 0 bridgehead atoms. The summed E-state index contributed by atoms with van der Waals surface area (Å²) in [7, 11) is 0. The van der Waals surface area contributed by atoms with Gasteiger partial charge in [-0.2, -0.15) is 0 Å². The molecule has 1 heterocycles. The number of likely N-dealkylation sites (tertiary alicyclic amines) is 1. The fraction of sp³-hybridized carbons (Fsp3) is 1.00. The second kappa shape index (κ2) is 7.24. The number of rotatable bonds is 7. The molecule has 2 atom stereocenters.